The second-order valence-corrected chi connectivity index (χ2v) is 6.54. The molecule has 0 atom stereocenters. The van der Waals surface area contributed by atoms with Crippen LogP contribution >= 0.6 is 0 Å². The molecule has 7 heteroatoms. The van der Waals surface area contributed by atoms with Gasteiger partial charge in [0.15, 0.2) is 5.71 Å². The largest absolute Gasteiger partial charge is 0.496 e. The standard InChI is InChI=1S/C19H18FN3O3/c1-23-6-5-11-13(12-4-3-10(20)7-16(12)26-2)8-14-17(15(11)9-23)21-19(24)18(14)22-25/h3-4,7-8,25H,5-6,9H2,1-2H3,(H,21,22,24). The molecule has 2 aromatic rings. The van der Waals surface area contributed by atoms with Gasteiger partial charge in [-0.05, 0) is 48.4 Å². The van der Waals surface area contributed by atoms with E-state index in [1.807, 2.05) is 13.1 Å². The van der Waals surface area contributed by atoms with Crippen LogP contribution in [-0.4, -0.2) is 42.4 Å². The van der Waals surface area contributed by atoms with Gasteiger partial charge in [-0.25, -0.2) is 4.39 Å². The van der Waals surface area contributed by atoms with Gasteiger partial charge < -0.3 is 20.2 Å². The van der Waals surface area contributed by atoms with Crippen LogP contribution in [0.3, 0.4) is 0 Å². The normalized spacial score (nSPS) is 17.8. The molecule has 0 fully saturated rings. The molecule has 0 radical (unpaired) electrons. The first-order valence-corrected chi connectivity index (χ1v) is 8.28. The lowest BCUT2D eigenvalue weighted by Crippen LogP contribution is -2.27. The molecule has 2 aliphatic rings. The summed E-state index contributed by atoms with van der Waals surface area (Å²) in [6, 6.07) is 6.22. The molecule has 4 rings (SSSR count). The zero-order valence-corrected chi connectivity index (χ0v) is 14.5. The van der Waals surface area contributed by atoms with Gasteiger partial charge in [0.2, 0.25) is 0 Å². The van der Waals surface area contributed by atoms with Gasteiger partial charge in [0.05, 0.1) is 12.8 Å². The molecule has 0 unspecified atom stereocenters. The number of benzene rings is 2. The number of hydrogen-bond donors (Lipinski definition) is 2. The first kappa shape index (κ1) is 16.5. The van der Waals surface area contributed by atoms with Gasteiger partial charge in [0, 0.05) is 30.3 Å². The number of oxime groups is 1. The Morgan fingerprint density at radius 1 is 1.23 bits per heavy atom. The predicted molar refractivity (Wildman–Crippen MR) is 95.4 cm³/mol. The van der Waals surface area contributed by atoms with E-state index in [4.69, 9.17) is 4.74 Å². The van der Waals surface area contributed by atoms with Crippen LogP contribution in [0.1, 0.15) is 16.7 Å². The number of ether oxygens (including phenoxy) is 1. The minimum atomic E-state index is -0.429. The Kier molecular flexibility index (Phi) is 3.88. The summed E-state index contributed by atoms with van der Waals surface area (Å²) in [5.41, 5.74) is 4.91. The molecule has 2 heterocycles. The van der Waals surface area contributed by atoms with Gasteiger partial charge in [0.1, 0.15) is 11.6 Å². The lowest BCUT2D eigenvalue weighted by molar-refractivity contribution is -0.110. The number of nitrogens with zero attached hydrogens (tertiary/aromatic N) is 2. The van der Waals surface area contributed by atoms with Crippen molar-refractivity contribution in [1.29, 1.82) is 0 Å². The average molecular weight is 355 g/mol. The van der Waals surface area contributed by atoms with Gasteiger partial charge in [-0.1, -0.05) is 5.16 Å². The number of nitrogens with one attached hydrogen (secondary N) is 1. The van der Waals surface area contributed by atoms with E-state index in [0.717, 1.165) is 35.2 Å². The Morgan fingerprint density at radius 3 is 2.77 bits per heavy atom. The van der Waals surface area contributed by atoms with Crippen LogP contribution < -0.4 is 10.1 Å². The van der Waals surface area contributed by atoms with E-state index in [-0.39, 0.29) is 11.5 Å². The van der Waals surface area contributed by atoms with Crippen LogP contribution in [0.4, 0.5) is 10.1 Å². The van der Waals surface area contributed by atoms with E-state index in [1.165, 1.54) is 19.2 Å². The van der Waals surface area contributed by atoms with Crippen molar-refractivity contribution in [3.05, 3.63) is 46.8 Å². The van der Waals surface area contributed by atoms with Crippen molar-refractivity contribution in [3.8, 4) is 16.9 Å². The van der Waals surface area contributed by atoms with Gasteiger partial charge in [-0.3, -0.25) is 4.79 Å². The summed E-state index contributed by atoms with van der Waals surface area (Å²) < 4.78 is 19.0. The van der Waals surface area contributed by atoms with Crippen LogP contribution in [-0.2, 0) is 17.8 Å². The van der Waals surface area contributed by atoms with Crippen LogP contribution in [0.15, 0.2) is 29.4 Å². The molecule has 2 aromatic carbocycles. The lowest BCUT2D eigenvalue weighted by Gasteiger charge is -2.29. The lowest BCUT2D eigenvalue weighted by atomic mass is 9.87. The Labute approximate surface area is 149 Å². The Morgan fingerprint density at radius 2 is 2.04 bits per heavy atom. The molecule has 2 N–H and O–H groups in total. The number of rotatable bonds is 2. The second-order valence-electron chi connectivity index (χ2n) is 6.54. The van der Waals surface area contributed by atoms with E-state index in [9.17, 15) is 14.4 Å². The number of methoxy groups -OCH3 is 1. The van der Waals surface area contributed by atoms with Crippen molar-refractivity contribution >= 4 is 17.3 Å². The Hall–Kier alpha value is -2.93. The fourth-order valence-corrected chi connectivity index (χ4v) is 3.74. The van der Waals surface area contributed by atoms with Gasteiger partial charge >= 0.3 is 0 Å². The van der Waals surface area contributed by atoms with E-state index < -0.39 is 5.91 Å². The van der Waals surface area contributed by atoms with Crippen molar-refractivity contribution < 1.29 is 19.1 Å². The monoisotopic (exact) mass is 355 g/mol. The van der Waals surface area contributed by atoms with Crippen LogP contribution in [0.2, 0.25) is 0 Å². The fraction of sp³-hybridized carbons (Fsp3) is 0.263. The Bertz CT molecular complexity index is 956. The molecule has 6 nitrogen and oxygen atoms in total. The van der Waals surface area contributed by atoms with Crippen molar-refractivity contribution in [3.63, 3.8) is 0 Å². The smallest absolute Gasteiger partial charge is 0.278 e. The second kappa shape index (κ2) is 6.10. The zero-order chi connectivity index (χ0) is 18.4. The molecule has 0 aromatic heterocycles. The number of carbonyl (C=O) groups excluding carboxylic acids is 1. The summed E-state index contributed by atoms with van der Waals surface area (Å²) in [4.78, 5) is 14.3. The summed E-state index contributed by atoms with van der Waals surface area (Å²) >= 11 is 0. The third-order valence-electron chi connectivity index (χ3n) is 4.98. The Balaban J connectivity index is 2.02. The van der Waals surface area contributed by atoms with E-state index >= 15 is 0 Å². The number of fused-ring (bicyclic) bond motifs is 3. The van der Waals surface area contributed by atoms with Crippen molar-refractivity contribution in [2.75, 3.05) is 26.0 Å². The summed E-state index contributed by atoms with van der Waals surface area (Å²) in [6.07, 6.45) is 0.788. The third-order valence-corrected chi connectivity index (χ3v) is 4.98. The molecule has 0 saturated heterocycles. The number of hydrogen-bond acceptors (Lipinski definition) is 5. The van der Waals surface area contributed by atoms with Crippen molar-refractivity contribution in [1.82, 2.24) is 4.90 Å². The van der Waals surface area contributed by atoms with E-state index in [0.29, 0.717) is 23.5 Å². The summed E-state index contributed by atoms with van der Waals surface area (Å²) in [5.74, 6) is -0.387. The maximum absolute atomic E-state index is 13.6. The number of anilines is 1. The van der Waals surface area contributed by atoms with Crippen molar-refractivity contribution in [2.24, 2.45) is 5.16 Å². The summed E-state index contributed by atoms with van der Waals surface area (Å²) in [5, 5.41) is 15.3. The molecular formula is C19H18FN3O3. The molecule has 1 amide bonds. The fourth-order valence-electron chi connectivity index (χ4n) is 3.74. The number of amides is 1. The average Bonchev–Trinajstić information content (AvgIpc) is 2.96. The van der Waals surface area contributed by atoms with E-state index in [1.54, 1.807) is 6.07 Å². The molecular weight excluding hydrogens is 337 g/mol. The van der Waals surface area contributed by atoms with Gasteiger partial charge in [-0.2, -0.15) is 0 Å². The highest BCUT2D eigenvalue weighted by atomic mass is 19.1. The SMILES string of the molecule is COc1cc(F)ccc1-c1cc2c(c3c1CCN(C)C3)NC(=O)/C2=N/O. The quantitative estimate of drug-likeness (QED) is 0.642. The maximum atomic E-state index is 13.6. The minimum absolute atomic E-state index is 0.0154. The number of carbonyl (C=O) groups is 1. The molecule has 0 spiro atoms. The number of halogens is 1. The highest BCUT2D eigenvalue weighted by molar-refractivity contribution is 6.54. The highest BCUT2D eigenvalue weighted by Gasteiger charge is 2.33. The molecule has 0 bridgehead atoms. The molecule has 2 aliphatic heterocycles. The topological polar surface area (TPSA) is 74.2 Å². The molecule has 0 saturated carbocycles. The van der Waals surface area contributed by atoms with Crippen LogP contribution in [0.5, 0.6) is 5.75 Å². The zero-order valence-electron chi connectivity index (χ0n) is 14.5. The predicted octanol–water partition coefficient (Wildman–Crippen LogP) is 2.62. The first-order chi connectivity index (χ1) is 12.5. The first-order valence-electron chi connectivity index (χ1n) is 8.28. The van der Waals surface area contributed by atoms with Gasteiger partial charge in [-0.15, -0.1) is 0 Å². The van der Waals surface area contributed by atoms with Crippen LogP contribution in [0, 0.1) is 5.82 Å². The summed E-state index contributed by atoms with van der Waals surface area (Å²) in [7, 11) is 3.51. The minimum Gasteiger partial charge on any atom is -0.496 e. The molecule has 26 heavy (non-hydrogen) atoms. The molecule has 134 valence electrons. The third kappa shape index (κ3) is 2.43. The van der Waals surface area contributed by atoms with E-state index in [2.05, 4.69) is 15.4 Å². The van der Waals surface area contributed by atoms with Crippen molar-refractivity contribution in [2.45, 2.75) is 13.0 Å². The maximum Gasteiger partial charge on any atom is 0.278 e. The highest BCUT2D eigenvalue weighted by Crippen LogP contribution is 2.42. The summed E-state index contributed by atoms with van der Waals surface area (Å²) in [6.45, 7) is 1.53. The van der Waals surface area contributed by atoms with Crippen LogP contribution in [0.25, 0.3) is 11.1 Å². The molecule has 0 aliphatic carbocycles. The number of likely N-dealkylation sites (N-methyl/N-ethyl adjacent to an activating group) is 1. The van der Waals surface area contributed by atoms with Gasteiger partial charge in [0.25, 0.3) is 5.91 Å².